The number of rotatable bonds is 1. The van der Waals surface area contributed by atoms with E-state index in [-0.39, 0.29) is 0 Å². The second-order valence-corrected chi connectivity index (χ2v) is 5.36. The summed E-state index contributed by atoms with van der Waals surface area (Å²) >= 11 is 3.45. The van der Waals surface area contributed by atoms with Gasteiger partial charge in [0.2, 0.25) is 0 Å². The molecule has 1 aromatic carbocycles. The summed E-state index contributed by atoms with van der Waals surface area (Å²) in [6.45, 7) is 0. The second-order valence-electron chi connectivity index (χ2n) is 4.45. The molecule has 0 aromatic heterocycles. The van der Waals surface area contributed by atoms with E-state index in [9.17, 15) is 0 Å². The summed E-state index contributed by atoms with van der Waals surface area (Å²) in [5.41, 5.74) is 1.15. The Labute approximate surface area is 104 Å². The fourth-order valence-corrected chi connectivity index (χ4v) is 2.80. The van der Waals surface area contributed by atoms with Crippen molar-refractivity contribution < 1.29 is 0 Å². The first-order valence-electron chi connectivity index (χ1n) is 5.80. The number of hydrogen-bond donors (Lipinski definition) is 0. The molecule has 1 fully saturated rings. The Kier molecular flexibility index (Phi) is 2.67. The molecule has 1 saturated carbocycles. The fourth-order valence-electron chi connectivity index (χ4n) is 2.54. The molecule has 0 saturated heterocycles. The van der Waals surface area contributed by atoms with Crippen LogP contribution in [0.15, 0.2) is 39.1 Å². The number of nitrogens with zero attached hydrogens (tertiary/aromatic N) is 3. The van der Waals surface area contributed by atoms with Crippen LogP contribution in [0.3, 0.4) is 0 Å². The van der Waals surface area contributed by atoms with Crippen molar-refractivity contribution in [2.75, 3.05) is 5.01 Å². The molecule has 1 aliphatic heterocycles. The number of halogens is 1. The minimum Gasteiger partial charge on any atom is -0.242 e. The lowest BCUT2D eigenvalue weighted by Crippen LogP contribution is -2.37. The Morgan fingerprint density at radius 2 is 1.88 bits per heavy atom. The van der Waals surface area contributed by atoms with Crippen molar-refractivity contribution in [2.24, 2.45) is 10.3 Å². The highest BCUT2D eigenvalue weighted by Gasteiger charge is 2.35. The van der Waals surface area contributed by atoms with Crippen LogP contribution in [-0.2, 0) is 0 Å². The maximum absolute atomic E-state index is 4.38. The van der Waals surface area contributed by atoms with Crippen LogP contribution in [0, 0.1) is 0 Å². The van der Waals surface area contributed by atoms with Crippen molar-refractivity contribution in [1.82, 2.24) is 0 Å². The van der Waals surface area contributed by atoms with Gasteiger partial charge >= 0.3 is 0 Å². The van der Waals surface area contributed by atoms with Gasteiger partial charge in [-0.15, -0.1) is 0 Å². The molecular weight excluding hydrogens is 266 g/mol. The second kappa shape index (κ2) is 4.17. The van der Waals surface area contributed by atoms with Gasteiger partial charge in [0.15, 0.2) is 0 Å². The van der Waals surface area contributed by atoms with Crippen molar-refractivity contribution in [3.63, 3.8) is 0 Å². The van der Waals surface area contributed by atoms with Gasteiger partial charge in [-0.2, -0.15) is 5.11 Å². The molecule has 0 N–H and O–H groups in total. The number of hydrogen-bond acceptors (Lipinski definition) is 3. The molecule has 0 bridgehead atoms. The molecule has 1 aromatic rings. The zero-order valence-corrected chi connectivity index (χ0v) is 10.6. The molecule has 0 spiro atoms. The average molecular weight is 280 g/mol. The largest absolute Gasteiger partial charge is 0.242 e. The van der Waals surface area contributed by atoms with Gasteiger partial charge in [-0.1, -0.05) is 34.0 Å². The van der Waals surface area contributed by atoms with E-state index in [2.05, 4.69) is 55.5 Å². The zero-order valence-electron chi connectivity index (χ0n) is 9.01. The lowest BCUT2D eigenvalue weighted by Gasteiger charge is -2.28. The number of anilines is 1. The summed E-state index contributed by atoms with van der Waals surface area (Å²) in [7, 11) is 0. The number of fused-ring (bicyclic) bond motifs is 1. The predicted octanol–water partition coefficient (Wildman–Crippen LogP) is 3.95. The first-order chi connectivity index (χ1) is 7.84. The molecule has 4 heteroatoms. The van der Waals surface area contributed by atoms with Gasteiger partial charge in [0, 0.05) is 4.47 Å². The van der Waals surface area contributed by atoms with E-state index in [1.807, 2.05) is 0 Å². The maximum Gasteiger partial charge on any atom is 0.0954 e. The van der Waals surface area contributed by atoms with Crippen molar-refractivity contribution >= 4 is 21.6 Å². The molecular formula is C12H14BrN3. The lowest BCUT2D eigenvalue weighted by molar-refractivity contribution is 0.403. The molecule has 1 aliphatic carbocycles. The normalized spacial score (nSPS) is 28.2. The van der Waals surface area contributed by atoms with Crippen LogP contribution < -0.4 is 5.01 Å². The SMILES string of the molecule is Brc1ccc(N2N=N[C@H]3CCCC[C@H]32)cc1. The minimum absolute atomic E-state index is 0.428. The Balaban J connectivity index is 1.85. The van der Waals surface area contributed by atoms with Crippen LogP contribution in [0.1, 0.15) is 25.7 Å². The Morgan fingerprint density at radius 3 is 2.69 bits per heavy atom. The molecule has 84 valence electrons. The van der Waals surface area contributed by atoms with E-state index in [4.69, 9.17) is 0 Å². The van der Waals surface area contributed by atoms with E-state index < -0.39 is 0 Å². The maximum atomic E-state index is 4.38. The summed E-state index contributed by atoms with van der Waals surface area (Å²) in [6.07, 6.45) is 5.02. The molecule has 0 amide bonds. The van der Waals surface area contributed by atoms with Crippen molar-refractivity contribution in [3.8, 4) is 0 Å². The van der Waals surface area contributed by atoms with Gasteiger partial charge in [0.25, 0.3) is 0 Å². The first kappa shape index (κ1) is 10.3. The summed E-state index contributed by atoms with van der Waals surface area (Å²) in [5, 5.41) is 10.8. The molecule has 2 aliphatic rings. The summed E-state index contributed by atoms with van der Waals surface area (Å²) < 4.78 is 1.10. The third-order valence-electron chi connectivity index (χ3n) is 3.40. The van der Waals surface area contributed by atoms with Gasteiger partial charge in [0.05, 0.1) is 17.8 Å². The van der Waals surface area contributed by atoms with Crippen molar-refractivity contribution in [3.05, 3.63) is 28.7 Å². The van der Waals surface area contributed by atoms with E-state index in [1.54, 1.807) is 0 Å². The summed E-state index contributed by atoms with van der Waals surface area (Å²) in [6, 6.07) is 9.23. The highest BCUT2D eigenvalue weighted by Crippen LogP contribution is 2.34. The van der Waals surface area contributed by atoms with E-state index in [0.717, 1.165) is 10.2 Å². The topological polar surface area (TPSA) is 28.0 Å². The van der Waals surface area contributed by atoms with Crippen molar-refractivity contribution in [2.45, 2.75) is 37.8 Å². The molecule has 0 unspecified atom stereocenters. The lowest BCUT2D eigenvalue weighted by atomic mass is 9.91. The van der Waals surface area contributed by atoms with Gasteiger partial charge in [-0.3, -0.25) is 0 Å². The first-order valence-corrected chi connectivity index (χ1v) is 6.59. The zero-order chi connectivity index (χ0) is 11.0. The third-order valence-corrected chi connectivity index (χ3v) is 3.92. The quantitative estimate of drug-likeness (QED) is 0.765. The molecule has 3 rings (SSSR count). The van der Waals surface area contributed by atoms with Crippen LogP contribution in [-0.4, -0.2) is 12.1 Å². The van der Waals surface area contributed by atoms with Gasteiger partial charge < -0.3 is 0 Å². The highest BCUT2D eigenvalue weighted by molar-refractivity contribution is 9.10. The minimum atomic E-state index is 0.428. The number of benzene rings is 1. The summed E-state index contributed by atoms with van der Waals surface area (Å²) in [4.78, 5) is 0. The smallest absolute Gasteiger partial charge is 0.0954 e. The van der Waals surface area contributed by atoms with Crippen LogP contribution in [0.2, 0.25) is 0 Å². The molecule has 1 heterocycles. The van der Waals surface area contributed by atoms with Crippen LogP contribution >= 0.6 is 15.9 Å². The molecule has 16 heavy (non-hydrogen) atoms. The Morgan fingerprint density at radius 1 is 1.12 bits per heavy atom. The van der Waals surface area contributed by atoms with Gasteiger partial charge in [-0.05, 0) is 37.1 Å². The average Bonchev–Trinajstić information content (AvgIpc) is 2.74. The predicted molar refractivity (Wildman–Crippen MR) is 67.5 cm³/mol. The van der Waals surface area contributed by atoms with Gasteiger partial charge in [0.1, 0.15) is 0 Å². The molecule has 0 radical (unpaired) electrons. The van der Waals surface area contributed by atoms with Crippen LogP contribution in [0.25, 0.3) is 0 Å². The van der Waals surface area contributed by atoms with Gasteiger partial charge in [-0.25, -0.2) is 5.01 Å². The van der Waals surface area contributed by atoms with Crippen molar-refractivity contribution in [1.29, 1.82) is 0 Å². The highest BCUT2D eigenvalue weighted by atomic mass is 79.9. The monoisotopic (exact) mass is 279 g/mol. The van der Waals surface area contributed by atoms with Crippen LogP contribution in [0.5, 0.6) is 0 Å². The summed E-state index contributed by atoms with van der Waals surface area (Å²) in [5.74, 6) is 0. The van der Waals surface area contributed by atoms with E-state index in [0.29, 0.717) is 12.1 Å². The van der Waals surface area contributed by atoms with Crippen LogP contribution in [0.4, 0.5) is 5.69 Å². The standard InChI is InChI=1S/C12H14BrN3/c13-9-5-7-10(8-6-9)16-12-4-2-1-3-11(12)14-15-16/h5-8,11-12H,1-4H2/t11-,12+/m0/s1. The Hall–Kier alpha value is -0.900. The van der Waals surface area contributed by atoms with E-state index in [1.165, 1.54) is 25.7 Å². The fraction of sp³-hybridized carbons (Fsp3) is 0.500. The van der Waals surface area contributed by atoms with E-state index >= 15 is 0 Å². The molecule has 2 atom stereocenters. The Bertz CT molecular complexity index is 401. The third kappa shape index (κ3) is 1.75. The molecule has 3 nitrogen and oxygen atoms in total.